The Kier molecular flexibility index (Phi) is 4.37. The van der Waals surface area contributed by atoms with E-state index in [4.69, 9.17) is 4.74 Å². The summed E-state index contributed by atoms with van der Waals surface area (Å²) in [7, 11) is 0. The molecular formula is C12H17O. The summed E-state index contributed by atoms with van der Waals surface area (Å²) in [5, 5.41) is 0. The highest BCUT2D eigenvalue weighted by Gasteiger charge is 2.03. The molecule has 1 aromatic rings. The van der Waals surface area contributed by atoms with Crippen LogP contribution in [0.15, 0.2) is 24.3 Å². The van der Waals surface area contributed by atoms with Crippen molar-refractivity contribution in [2.75, 3.05) is 6.61 Å². The highest BCUT2D eigenvalue weighted by Crippen LogP contribution is 2.12. The lowest BCUT2D eigenvalue weighted by atomic mass is 10.1. The molecule has 13 heavy (non-hydrogen) atoms. The Labute approximate surface area is 80.7 Å². The Balaban J connectivity index is 2.34. The van der Waals surface area contributed by atoms with Crippen molar-refractivity contribution < 1.29 is 4.74 Å². The summed E-state index contributed by atoms with van der Waals surface area (Å²) in [6.45, 7) is 5.21. The molecule has 0 aliphatic heterocycles. The van der Waals surface area contributed by atoms with Crippen LogP contribution in [-0.4, -0.2) is 6.61 Å². The topological polar surface area (TPSA) is 9.23 Å². The van der Waals surface area contributed by atoms with Crippen LogP contribution in [0.4, 0.5) is 0 Å². The molecule has 1 rings (SSSR count). The van der Waals surface area contributed by atoms with Crippen molar-refractivity contribution in [2.24, 2.45) is 5.92 Å². The van der Waals surface area contributed by atoms with E-state index in [2.05, 4.69) is 19.9 Å². The molecule has 0 saturated carbocycles. The lowest BCUT2D eigenvalue weighted by Gasteiger charge is -2.13. The molecule has 1 aromatic carbocycles. The first kappa shape index (κ1) is 10.1. The highest BCUT2D eigenvalue weighted by atomic mass is 16.5. The maximum absolute atomic E-state index is 5.59. The summed E-state index contributed by atoms with van der Waals surface area (Å²) >= 11 is 0. The summed E-state index contributed by atoms with van der Waals surface area (Å²) in [4.78, 5) is 0. The van der Waals surface area contributed by atoms with Crippen LogP contribution < -0.4 is 4.74 Å². The van der Waals surface area contributed by atoms with E-state index >= 15 is 0 Å². The van der Waals surface area contributed by atoms with Crippen LogP contribution in [0.5, 0.6) is 5.75 Å². The van der Waals surface area contributed by atoms with Gasteiger partial charge in [-0.15, -0.1) is 0 Å². The molecule has 1 heteroatoms. The van der Waals surface area contributed by atoms with Crippen LogP contribution in [0, 0.1) is 12.0 Å². The van der Waals surface area contributed by atoms with Gasteiger partial charge in [-0.05, 0) is 12.0 Å². The second-order valence-corrected chi connectivity index (χ2v) is 3.22. The predicted octanol–water partition coefficient (Wildman–Crippen LogP) is 3.30. The standard InChI is InChI=1S/C12H17O/c1-3-11(4-2)10-13-12-8-6-5-7-9-12/h5-8,11H,3-4,10H2,1-2H3. The van der Waals surface area contributed by atoms with Gasteiger partial charge in [-0.25, -0.2) is 0 Å². The van der Waals surface area contributed by atoms with Crippen LogP contribution >= 0.6 is 0 Å². The molecule has 0 aliphatic rings. The molecule has 1 radical (unpaired) electrons. The van der Waals surface area contributed by atoms with Crippen LogP contribution in [0.1, 0.15) is 26.7 Å². The van der Waals surface area contributed by atoms with Crippen molar-refractivity contribution in [3.63, 3.8) is 0 Å². The Morgan fingerprint density at radius 1 is 1.31 bits per heavy atom. The van der Waals surface area contributed by atoms with Gasteiger partial charge in [0.15, 0.2) is 0 Å². The third kappa shape index (κ3) is 3.49. The van der Waals surface area contributed by atoms with Gasteiger partial charge >= 0.3 is 0 Å². The Morgan fingerprint density at radius 2 is 2.08 bits per heavy atom. The minimum atomic E-state index is 0.675. The number of hydrogen-bond donors (Lipinski definition) is 0. The molecule has 0 heterocycles. The molecule has 0 amide bonds. The number of rotatable bonds is 5. The van der Waals surface area contributed by atoms with E-state index in [9.17, 15) is 0 Å². The lowest BCUT2D eigenvalue weighted by Crippen LogP contribution is -2.09. The quantitative estimate of drug-likeness (QED) is 0.670. The van der Waals surface area contributed by atoms with Crippen molar-refractivity contribution in [1.29, 1.82) is 0 Å². The molecule has 0 aromatic heterocycles. The maximum atomic E-state index is 5.59. The van der Waals surface area contributed by atoms with Crippen LogP contribution in [-0.2, 0) is 0 Å². The first-order valence-electron chi connectivity index (χ1n) is 4.96. The van der Waals surface area contributed by atoms with Crippen molar-refractivity contribution >= 4 is 0 Å². The van der Waals surface area contributed by atoms with Crippen LogP contribution in [0.2, 0.25) is 0 Å². The SMILES string of the molecule is CCC(CC)COc1[c]cccc1. The van der Waals surface area contributed by atoms with Gasteiger partial charge < -0.3 is 4.74 Å². The van der Waals surface area contributed by atoms with Gasteiger partial charge in [-0.2, -0.15) is 0 Å². The van der Waals surface area contributed by atoms with Crippen LogP contribution in [0.3, 0.4) is 0 Å². The monoisotopic (exact) mass is 177 g/mol. The van der Waals surface area contributed by atoms with Gasteiger partial charge in [-0.3, -0.25) is 0 Å². The molecule has 0 aliphatic carbocycles. The molecule has 0 saturated heterocycles. The molecule has 0 unspecified atom stereocenters. The normalized spacial score (nSPS) is 10.4. The largest absolute Gasteiger partial charge is 0.493 e. The summed E-state index contributed by atoms with van der Waals surface area (Å²) in [5.41, 5.74) is 0. The van der Waals surface area contributed by atoms with Gasteiger partial charge in [0, 0.05) is 6.07 Å². The first-order valence-corrected chi connectivity index (χ1v) is 4.96. The Bertz CT molecular complexity index is 214. The number of para-hydroxylation sites is 1. The average Bonchev–Trinajstić information content (AvgIpc) is 2.21. The van der Waals surface area contributed by atoms with Gasteiger partial charge in [0.1, 0.15) is 5.75 Å². The highest BCUT2D eigenvalue weighted by molar-refractivity contribution is 5.19. The second kappa shape index (κ2) is 5.63. The van der Waals surface area contributed by atoms with Crippen molar-refractivity contribution in [3.05, 3.63) is 30.3 Å². The van der Waals surface area contributed by atoms with E-state index in [1.54, 1.807) is 0 Å². The molecule has 0 N–H and O–H groups in total. The molecular weight excluding hydrogens is 160 g/mol. The predicted molar refractivity (Wildman–Crippen MR) is 54.8 cm³/mol. The molecule has 0 fully saturated rings. The van der Waals surface area contributed by atoms with Crippen molar-refractivity contribution in [3.8, 4) is 5.75 Å². The molecule has 0 atom stereocenters. The molecule has 1 nitrogen and oxygen atoms in total. The van der Waals surface area contributed by atoms with Gasteiger partial charge in [0.05, 0.1) is 6.61 Å². The van der Waals surface area contributed by atoms with E-state index in [0.717, 1.165) is 12.4 Å². The maximum Gasteiger partial charge on any atom is 0.127 e. The smallest absolute Gasteiger partial charge is 0.127 e. The summed E-state index contributed by atoms with van der Waals surface area (Å²) in [6, 6.07) is 10.8. The number of ether oxygens (including phenoxy) is 1. The Hall–Kier alpha value is -0.980. The zero-order valence-corrected chi connectivity index (χ0v) is 8.42. The fourth-order valence-electron chi connectivity index (χ4n) is 1.20. The van der Waals surface area contributed by atoms with E-state index in [1.807, 2.05) is 24.3 Å². The van der Waals surface area contributed by atoms with E-state index in [-0.39, 0.29) is 0 Å². The van der Waals surface area contributed by atoms with Gasteiger partial charge in [0.2, 0.25) is 0 Å². The number of benzene rings is 1. The van der Waals surface area contributed by atoms with E-state index in [1.165, 1.54) is 12.8 Å². The minimum absolute atomic E-state index is 0.675. The average molecular weight is 177 g/mol. The zero-order chi connectivity index (χ0) is 9.52. The molecule has 71 valence electrons. The summed E-state index contributed by atoms with van der Waals surface area (Å²) < 4.78 is 5.59. The third-order valence-corrected chi connectivity index (χ3v) is 2.31. The van der Waals surface area contributed by atoms with E-state index in [0.29, 0.717) is 5.92 Å². The third-order valence-electron chi connectivity index (χ3n) is 2.31. The fourth-order valence-corrected chi connectivity index (χ4v) is 1.20. The van der Waals surface area contributed by atoms with Crippen molar-refractivity contribution in [2.45, 2.75) is 26.7 Å². The zero-order valence-electron chi connectivity index (χ0n) is 8.42. The van der Waals surface area contributed by atoms with Gasteiger partial charge in [-0.1, -0.05) is 44.9 Å². The summed E-state index contributed by atoms with van der Waals surface area (Å²) in [6.07, 6.45) is 2.37. The van der Waals surface area contributed by atoms with Crippen molar-refractivity contribution in [1.82, 2.24) is 0 Å². The number of hydrogen-bond acceptors (Lipinski definition) is 1. The lowest BCUT2D eigenvalue weighted by molar-refractivity contribution is 0.240. The van der Waals surface area contributed by atoms with Gasteiger partial charge in [0.25, 0.3) is 0 Å². The Morgan fingerprint density at radius 3 is 2.62 bits per heavy atom. The summed E-state index contributed by atoms with van der Waals surface area (Å²) in [5.74, 6) is 1.53. The second-order valence-electron chi connectivity index (χ2n) is 3.22. The van der Waals surface area contributed by atoms with Crippen LogP contribution in [0.25, 0.3) is 0 Å². The van der Waals surface area contributed by atoms with E-state index < -0.39 is 0 Å². The minimum Gasteiger partial charge on any atom is -0.493 e. The fraction of sp³-hybridized carbons (Fsp3) is 0.500. The molecule has 0 bridgehead atoms. The molecule has 0 spiro atoms. The first-order chi connectivity index (χ1) is 6.36.